The van der Waals surface area contributed by atoms with Crippen molar-refractivity contribution >= 4 is 13.7 Å². The van der Waals surface area contributed by atoms with Crippen molar-refractivity contribution in [3.8, 4) is 5.75 Å². The minimum atomic E-state index is -4.65. The number of carbonyl (C=O) groups is 1. The van der Waals surface area contributed by atoms with Crippen LogP contribution in [0.15, 0.2) is 60.7 Å². The van der Waals surface area contributed by atoms with Gasteiger partial charge in [-0.25, -0.2) is 4.57 Å². The minimum absolute atomic E-state index is 0.127. The highest BCUT2D eigenvalue weighted by Crippen LogP contribution is 2.35. The fourth-order valence-corrected chi connectivity index (χ4v) is 5.92. The summed E-state index contributed by atoms with van der Waals surface area (Å²) in [5.74, 6) is 0.607. The molecule has 8 heteroatoms. The molecular formula is C39H62NO6P. The Labute approximate surface area is 285 Å². The smallest absolute Gasteiger partial charge is 0.469 e. The van der Waals surface area contributed by atoms with Crippen LogP contribution in [-0.4, -0.2) is 28.3 Å². The van der Waals surface area contributed by atoms with E-state index < -0.39 is 13.9 Å². The van der Waals surface area contributed by atoms with Gasteiger partial charge in [-0.05, 0) is 80.2 Å². The van der Waals surface area contributed by atoms with E-state index in [9.17, 15) is 19.1 Å². The summed E-state index contributed by atoms with van der Waals surface area (Å²) in [4.78, 5) is 31.1. The number of carbonyl (C=O) groups excluding carboxylic acids is 1. The van der Waals surface area contributed by atoms with Gasteiger partial charge in [-0.15, -0.1) is 0 Å². The quantitative estimate of drug-likeness (QED) is 0.0472. The van der Waals surface area contributed by atoms with Crippen LogP contribution in [0, 0.1) is 0 Å². The van der Waals surface area contributed by atoms with Gasteiger partial charge in [0.25, 0.3) is 0 Å². The van der Waals surface area contributed by atoms with E-state index in [0.29, 0.717) is 19.4 Å². The second-order valence-corrected chi connectivity index (χ2v) is 14.0. The number of hydrogen-bond acceptors (Lipinski definition) is 4. The summed E-state index contributed by atoms with van der Waals surface area (Å²) in [6, 6.07) is 15.6. The monoisotopic (exact) mass is 671 g/mol. The Morgan fingerprint density at radius 3 is 1.87 bits per heavy atom. The Bertz CT molecular complexity index is 1150. The Kier molecular flexibility index (Phi) is 22.2. The molecule has 3 N–H and O–H groups in total. The molecule has 0 heterocycles. The van der Waals surface area contributed by atoms with E-state index in [-0.39, 0.29) is 12.5 Å². The van der Waals surface area contributed by atoms with E-state index in [1.165, 1.54) is 76.2 Å². The van der Waals surface area contributed by atoms with Crippen LogP contribution in [0.5, 0.6) is 5.75 Å². The summed E-state index contributed by atoms with van der Waals surface area (Å²) in [5.41, 5.74) is 3.37. The Hall–Kier alpha value is -2.44. The standard InChI is InChI=1S/C39H62NO6P/c1-3-5-7-8-9-10-11-12-13-14-15-16-17-18-20-22-39(41)40-37(33-46-47(42,43)44)31-35-27-29-38(30-28-35)45-32-36-25-23-34(24-26-36)21-19-6-4-2/h12-13,23-30,37H,3-11,14-22,31-33H2,1-2H3,(H,40,41)(H2,42,43,44)/t37-/m0/s1. The zero-order chi connectivity index (χ0) is 34.0. The lowest BCUT2D eigenvalue weighted by Gasteiger charge is -2.19. The Morgan fingerprint density at radius 2 is 1.26 bits per heavy atom. The zero-order valence-corrected chi connectivity index (χ0v) is 30.1. The lowest BCUT2D eigenvalue weighted by atomic mass is 10.1. The number of ether oxygens (including phenoxy) is 1. The van der Waals surface area contributed by atoms with Gasteiger partial charge in [0, 0.05) is 6.42 Å². The maximum absolute atomic E-state index is 12.7. The summed E-state index contributed by atoms with van der Waals surface area (Å²) >= 11 is 0. The molecule has 0 unspecified atom stereocenters. The molecule has 0 bridgehead atoms. The predicted octanol–water partition coefficient (Wildman–Crippen LogP) is 10.2. The molecule has 0 spiro atoms. The molecule has 0 aliphatic rings. The molecule has 2 aromatic rings. The Morgan fingerprint density at radius 1 is 0.723 bits per heavy atom. The molecule has 0 aromatic heterocycles. The van der Waals surface area contributed by atoms with Crippen LogP contribution >= 0.6 is 7.82 Å². The number of nitrogens with one attached hydrogen (secondary N) is 1. The third-order valence-corrected chi connectivity index (χ3v) is 8.86. The first-order chi connectivity index (χ1) is 22.8. The number of phosphoric ester groups is 1. The number of hydrogen-bond donors (Lipinski definition) is 3. The van der Waals surface area contributed by atoms with E-state index in [0.717, 1.165) is 55.4 Å². The Balaban J connectivity index is 1.67. The lowest BCUT2D eigenvalue weighted by Crippen LogP contribution is -2.39. The van der Waals surface area contributed by atoms with E-state index in [1.807, 2.05) is 24.3 Å². The number of phosphoric acid groups is 1. The van der Waals surface area contributed by atoms with Gasteiger partial charge in [-0.1, -0.05) is 127 Å². The van der Waals surface area contributed by atoms with Crippen molar-refractivity contribution in [2.45, 2.75) is 148 Å². The third-order valence-electron chi connectivity index (χ3n) is 8.38. The summed E-state index contributed by atoms with van der Waals surface area (Å²) in [6.07, 6.45) is 25.8. The summed E-state index contributed by atoms with van der Waals surface area (Å²) in [7, 11) is -4.65. The highest BCUT2D eigenvalue weighted by Gasteiger charge is 2.20. The minimum Gasteiger partial charge on any atom is -0.489 e. The van der Waals surface area contributed by atoms with Gasteiger partial charge in [0.2, 0.25) is 5.91 Å². The van der Waals surface area contributed by atoms with Crippen LogP contribution in [0.4, 0.5) is 0 Å². The molecule has 264 valence electrons. The van der Waals surface area contributed by atoms with Gasteiger partial charge < -0.3 is 19.8 Å². The topological polar surface area (TPSA) is 105 Å². The molecule has 0 saturated carbocycles. The second kappa shape index (κ2) is 25.6. The third kappa shape index (κ3) is 21.9. The molecule has 0 aliphatic heterocycles. The maximum atomic E-state index is 12.7. The number of benzene rings is 2. The second-order valence-electron chi connectivity index (χ2n) is 12.8. The first-order valence-corrected chi connectivity index (χ1v) is 19.8. The molecule has 7 nitrogen and oxygen atoms in total. The van der Waals surface area contributed by atoms with E-state index in [1.54, 1.807) is 0 Å². The average Bonchev–Trinajstić information content (AvgIpc) is 3.05. The van der Waals surface area contributed by atoms with Gasteiger partial charge >= 0.3 is 7.82 Å². The summed E-state index contributed by atoms with van der Waals surface area (Å²) in [5, 5.41) is 2.92. The zero-order valence-electron chi connectivity index (χ0n) is 29.2. The molecule has 2 rings (SSSR count). The van der Waals surface area contributed by atoms with Gasteiger partial charge in [0.15, 0.2) is 0 Å². The predicted molar refractivity (Wildman–Crippen MR) is 194 cm³/mol. The van der Waals surface area contributed by atoms with E-state index in [2.05, 4.69) is 55.6 Å². The SMILES string of the molecule is CCCCCCCCC=CCCCCCCCC(=O)N[C@H](COP(=O)(O)O)Cc1ccc(OCc2ccc(CCCCC)cc2)cc1. The molecule has 2 aromatic carbocycles. The van der Waals surface area contributed by atoms with Gasteiger partial charge in [-0.2, -0.15) is 0 Å². The molecule has 1 amide bonds. The lowest BCUT2D eigenvalue weighted by molar-refractivity contribution is -0.122. The van der Waals surface area contributed by atoms with Crippen molar-refractivity contribution in [2.24, 2.45) is 0 Å². The van der Waals surface area contributed by atoms with Crippen molar-refractivity contribution in [2.75, 3.05) is 6.61 Å². The molecule has 47 heavy (non-hydrogen) atoms. The van der Waals surface area contributed by atoms with Gasteiger partial charge in [0.1, 0.15) is 12.4 Å². The van der Waals surface area contributed by atoms with E-state index >= 15 is 0 Å². The van der Waals surface area contributed by atoms with Crippen LogP contribution in [0.2, 0.25) is 0 Å². The summed E-state index contributed by atoms with van der Waals surface area (Å²) < 4.78 is 22.1. The van der Waals surface area contributed by atoms with Crippen molar-refractivity contribution in [3.05, 3.63) is 77.4 Å². The molecule has 1 atom stereocenters. The number of aryl methyl sites for hydroxylation is 1. The van der Waals surface area contributed by atoms with Crippen LogP contribution in [0.3, 0.4) is 0 Å². The highest BCUT2D eigenvalue weighted by molar-refractivity contribution is 7.46. The van der Waals surface area contributed by atoms with Crippen molar-refractivity contribution in [3.63, 3.8) is 0 Å². The molecule has 0 saturated heterocycles. The van der Waals surface area contributed by atoms with Gasteiger partial charge in [0.05, 0.1) is 12.6 Å². The van der Waals surface area contributed by atoms with E-state index in [4.69, 9.17) is 9.26 Å². The summed E-state index contributed by atoms with van der Waals surface area (Å²) in [6.45, 7) is 4.67. The normalized spacial score (nSPS) is 12.4. The van der Waals surface area contributed by atoms with Crippen LogP contribution < -0.4 is 10.1 Å². The molecule has 0 radical (unpaired) electrons. The highest BCUT2D eigenvalue weighted by atomic mass is 31.2. The van der Waals surface area contributed by atoms with Crippen LogP contribution in [0.25, 0.3) is 0 Å². The van der Waals surface area contributed by atoms with Crippen LogP contribution in [0.1, 0.15) is 140 Å². The molecular weight excluding hydrogens is 609 g/mol. The van der Waals surface area contributed by atoms with Crippen molar-refractivity contribution in [1.29, 1.82) is 0 Å². The molecule has 0 fully saturated rings. The number of rotatable bonds is 28. The largest absolute Gasteiger partial charge is 0.489 e. The number of unbranched alkanes of at least 4 members (excludes halogenated alkanes) is 13. The van der Waals surface area contributed by atoms with Crippen molar-refractivity contribution < 1.29 is 28.4 Å². The van der Waals surface area contributed by atoms with Crippen LogP contribution in [-0.2, 0) is 33.3 Å². The average molecular weight is 672 g/mol. The van der Waals surface area contributed by atoms with Crippen molar-refractivity contribution in [1.82, 2.24) is 5.32 Å². The fraction of sp³-hybridized carbons (Fsp3) is 0.615. The first kappa shape index (κ1) is 40.7. The number of allylic oxidation sites excluding steroid dienone is 2. The fourth-order valence-electron chi connectivity index (χ4n) is 5.55. The maximum Gasteiger partial charge on any atom is 0.469 e. The first-order valence-electron chi connectivity index (χ1n) is 18.2. The number of amides is 1. The molecule has 0 aliphatic carbocycles. The van der Waals surface area contributed by atoms with Gasteiger partial charge in [-0.3, -0.25) is 9.32 Å².